The summed E-state index contributed by atoms with van der Waals surface area (Å²) in [5.41, 5.74) is 7.45. The molecular weight excluding hydrogens is 314 g/mol. The number of halogens is 1. The maximum Gasteiger partial charge on any atom is 0.0805 e. The van der Waals surface area contributed by atoms with Gasteiger partial charge in [0.15, 0.2) is 0 Å². The number of hydrogen-bond donors (Lipinski definition) is 2. The Kier molecular flexibility index (Phi) is 2.69. The number of nitrogens with one attached hydrogen (secondary N) is 1. The van der Waals surface area contributed by atoms with Gasteiger partial charge in [0.1, 0.15) is 0 Å². The second-order valence-electron chi connectivity index (χ2n) is 5.21. The molecule has 3 N–H and O–H groups in total. The lowest BCUT2D eigenvalue weighted by Gasteiger charge is -2.14. The van der Waals surface area contributed by atoms with Crippen molar-refractivity contribution in [1.82, 2.24) is 4.98 Å². The van der Waals surface area contributed by atoms with Crippen LogP contribution >= 0.6 is 15.9 Å². The fourth-order valence-electron chi connectivity index (χ4n) is 3.21. The van der Waals surface area contributed by atoms with Crippen molar-refractivity contribution < 1.29 is 0 Å². The predicted molar refractivity (Wildman–Crippen MR) is 86.8 cm³/mol. The second kappa shape index (κ2) is 4.43. The van der Waals surface area contributed by atoms with Gasteiger partial charge in [-0.2, -0.15) is 0 Å². The van der Waals surface area contributed by atoms with E-state index in [0.717, 1.165) is 40.3 Å². The summed E-state index contributed by atoms with van der Waals surface area (Å²) in [6, 6.07) is 10.5. The lowest BCUT2D eigenvalue weighted by Crippen LogP contribution is -2.10. The Morgan fingerprint density at radius 3 is 2.70 bits per heavy atom. The van der Waals surface area contributed by atoms with Gasteiger partial charge >= 0.3 is 0 Å². The molecule has 0 fully saturated rings. The fraction of sp³-hybridized carbons (Fsp3) is 0.188. The zero-order valence-electron chi connectivity index (χ0n) is 10.9. The maximum atomic E-state index is 5.79. The van der Waals surface area contributed by atoms with Gasteiger partial charge < -0.3 is 5.43 Å². The Balaban J connectivity index is 2.24. The molecule has 4 rings (SSSR count). The topological polar surface area (TPSA) is 50.9 Å². The van der Waals surface area contributed by atoms with Gasteiger partial charge in [-0.05, 0) is 36.3 Å². The molecule has 3 nitrogen and oxygen atoms in total. The first-order valence-electron chi connectivity index (χ1n) is 6.79. The van der Waals surface area contributed by atoms with Gasteiger partial charge in [0.2, 0.25) is 0 Å². The first-order valence-corrected chi connectivity index (χ1v) is 7.58. The summed E-state index contributed by atoms with van der Waals surface area (Å²) in [7, 11) is 0. The molecule has 0 saturated carbocycles. The van der Waals surface area contributed by atoms with Gasteiger partial charge in [-0.15, -0.1) is 0 Å². The number of nitrogen functional groups attached to an aromatic ring is 1. The molecule has 1 aliphatic carbocycles. The minimum absolute atomic E-state index is 1.04. The number of aromatic nitrogens is 1. The first kappa shape index (κ1) is 12.1. The Bertz CT molecular complexity index is 842. The molecule has 1 heterocycles. The highest BCUT2D eigenvalue weighted by atomic mass is 79.9. The van der Waals surface area contributed by atoms with Crippen LogP contribution in [0.4, 0.5) is 5.69 Å². The molecule has 0 bridgehead atoms. The van der Waals surface area contributed by atoms with E-state index in [4.69, 9.17) is 10.8 Å². The Morgan fingerprint density at radius 2 is 1.90 bits per heavy atom. The Hall–Kier alpha value is -1.65. The zero-order chi connectivity index (χ0) is 13.7. The van der Waals surface area contributed by atoms with Gasteiger partial charge in [-0.1, -0.05) is 40.2 Å². The van der Waals surface area contributed by atoms with Crippen LogP contribution in [0.3, 0.4) is 0 Å². The number of nitrogens with two attached hydrogens (primary N) is 1. The van der Waals surface area contributed by atoms with E-state index in [-0.39, 0.29) is 0 Å². The highest BCUT2D eigenvalue weighted by molar-refractivity contribution is 9.10. The third-order valence-corrected chi connectivity index (χ3v) is 4.77. The van der Waals surface area contributed by atoms with Gasteiger partial charge in [-0.3, -0.25) is 10.8 Å². The molecular formula is C16H14BrN3. The summed E-state index contributed by atoms with van der Waals surface area (Å²) in [5.74, 6) is 5.79. The lowest BCUT2D eigenvalue weighted by molar-refractivity contribution is 0.901. The minimum atomic E-state index is 1.04. The van der Waals surface area contributed by atoms with Crippen molar-refractivity contribution in [2.75, 3.05) is 5.43 Å². The molecule has 1 aliphatic rings. The molecule has 0 unspecified atom stereocenters. The highest BCUT2D eigenvalue weighted by Crippen LogP contribution is 2.39. The largest absolute Gasteiger partial charge is 0.323 e. The van der Waals surface area contributed by atoms with Crippen LogP contribution in [0.15, 0.2) is 34.8 Å². The number of hydrazine groups is 1. The molecule has 0 spiro atoms. The molecule has 2 aromatic carbocycles. The van der Waals surface area contributed by atoms with Crippen molar-refractivity contribution in [3.63, 3.8) is 0 Å². The van der Waals surface area contributed by atoms with E-state index in [1.165, 1.54) is 22.0 Å². The van der Waals surface area contributed by atoms with Crippen LogP contribution in [0.1, 0.15) is 17.7 Å². The molecule has 20 heavy (non-hydrogen) atoms. The zero-order valence-corrected chi connectivity index (χ0v) is 12.5. The molecule has 3 aromatic rings. The SMILES string of the molecule is NNc1c2c(nc3c1cc(Br)c1ccccc13)CCC2. The standard InChI is InChI=1S/C16H14BrN3/c17-13-8-12-15(10-5-2-1-4-9(10)13)19-14-7-3-6-11(14)16(12)20-18/h1-2,4-5,8H,3,6-7,18H2,(H,19,20). The van der Waals surface area contributed by atoms with E-state index in [9.17, 15) is 0 Å². The van der Waals surface area contributed by atoms with Gasteiger partial charge in [-0.25, -0.2) is 0 Å². The number of nitrogens with zero attached hydrogens (tertiary/aromatic N) is 1. The van der Waals surface area contributed by atoms with Crippen molar-refractivity contribution in [2.45, 2.75) is 19.3 Å². The molecule has 0 atom stereocenters. The van der Waals surface area contributed by atoms with Crippen molar-refractivity contribution in [3.05, 3.63) is 46.1 Å². The summed E-state index contributed by atoms with van der Waals surface area (Å²) >= 11 is 3.67. The number of fused-ring (bicyclic) bond motifs is 4. The first-order chi connectivity index (χ1) is 9.79. The summed E-state index contributed by atoms with van der Waals surface area (Å²) < 4.78 is 1.08. The summed E-state index contributed by atoms with van der Waals surface area (Å²) in [6.07, 6.45) is 3.26. The third kappa shape index (κ3) is 1.58. The normalized spacial score (nSPS) is 13.9. The average Bonchev–Trinajstić information content (AvgIpc) is 2.94. The van der Waals surface area contributed by atoms with E-state index in [1.54, 1.807) is 0 Å². The average molecular weight is 328 g/mol. The Morgan fingerprint density at radius 1 is 1.10 bits per heavy atom. The van der Waals surface area contributed by atoms with E-state index in [2.05, 4.69) is 45.6 Å². The fourth-order valence-corrected chi connectivity index (χ4v) is 3.78. The van der Waals surface area contributed by atoms with Crippen LogP contribution < -0.4 is 11.3 Å². The number of anilines is 1. The number of benzene rings is 2. The Labute approximate surface area is 125 Å². The van der Waals surface area contributed by atoms with Crippen LogP contribution in [0.5, 0.6) is 0 Å². The van der Waals surface area contributed by atoms with Crippen LogP contribution in [0.2, 0.25) is 0 Å². The molecule has 4 heteroatoms. The lowest BCUT2D eigenvalue weighted by atomic mass is 10.0. The highest BCUT2D eigenvalue weighted by Gasteiger charge is 2.20. The van der Waals surface area contributed by atoms with Crippen LogP contribution in [0.25, 0.3) is 21.7 Å². The molecule has 0 saturated heterocycles. The monoisotopic (exact) mass is 327 g/mol. The van der Waals surface area contributed by atoms with Gasteiger partial charge in [0.05, 0.1) is 11.2 Å². The predicted octanol–water partition coefficient (Wildman–Crippen LogP) is 3.92. The number of rotatable bonds is 1. The smallest absolute Gasteiger partial charge is 0.0805 e. The summed E-state index contributed by atoms with van der Waals surface area (Å²) in [6.45, 7) is 0. The molecule has 0 radical (unpaired) electrons. The molecule has 0 amide bonds. The van der Waals surface area contributed by atoms with E-state index in [0.29, 0.717) is 0 Å². The van der Waals surface area contributed by atoms with E-state index >= 15 is 0 Å². The maximum absolute atomic E-state index is 5.79. The third-order valence-electron chi connectivity index (χ3n) is 4.12. The van der Waals surface area contributed by atoms with Crippen molar-refractivity contribution in [2.24, 2.45) is 5.84 Å². The number of hydrogen-bond acceptors (Lipinski definition) is 3. The summed E-state index contributed by atoms with van der Waals surface area (Å²) in [4.78, 5) is 4.92. The second-order valence-corrected chi connectivity index (χ2v) is 6.06. The quantitative estimate of drug-likeness (QED) is 0.404. The van der Waals surface area contributed by atoms with Crippen LogP contribution in [-0.2, 0) is 12.8 Å². The van der Waals surface area contributed by atoms with Crippen LogP contribution in [-0.4, -0.2) is 4.98 Å². The van der Waals surface area contributed by atoms with Gasteiger partial charge in [0, 0.05) is 20.9 Å². The molecule has 0 aliphatic heterocycles. The van der Waals surface area contributed by atoms with E-state index in [1.807, 2.05) is 6.07 Å². The van der Waals surface area contributed by atoms with Crippen molar-refractivity contribution >= 4 is 43.3 Å². The minimum Gasteiger partial charge on any atom is -0.323 e. The summed E-state index contributed by atoms with van der Waals surface area (Å²) in [5, 5.41) is 3.45. The number of aryl methyl sites for hydroxylation is 1. The van der Waals surface area contributed by atoms with E-state index < -0.39 is 0 Å². The number of pyridine rings is 1. The van der Waals surface area contributed by atoms with Crippen LogP contribution in [0, 0.1) is 0 Å². The van der Waals surface area contributed by atoms with Gasteiger partial charge in [0.25, 0.3) is 0 Å². The van der Waals surface area contributed by atoms with Crippen molar-refractivity contribution in [1.29, 1.82) is 0 Å². The molecule has 100 valence electrons. The van der Waals surface area contributed by atoms with Crippen molar-refractivity contribution in [3.8, 4) is 0 Å². The molecule has 1 aromatic heterocycles.